The molecule has 2 aromatic heterocycles. The van der Waals surface area contributed by atoms with Crippen LogP contribution in [-0.2, 0) is 25.8 Å². The molecule has 0 spiro atoms. The number of nitrogen functional groups attached to an aromatic ring is 1. The first-order valence-electron chi connectivity index (χ1n) is 11.3. The average molecular weight is 598 g/mol. The lowest BCUT2D eigenvalue weighted by Gasteiger charge is -2.53. The number of carbonyl (C=O) groups excluding carboxylic acids is 2. The molecule has 2 amide bonds. The molecular weight excluding hydrogens is 575 g/mol. The van der Waals surface area contributed by atoms with Crippen LogP contribution < -0.4 is 11.1 Å². The van der Waals surface area contributed by atoms with Crippen LogP contribution in [0.4, 0.5) is 5.13 Å². The van der Waals surface area contributed by atoms with Crippen LogP contribution in [0.2, 0.25) is 0 Å². The van der Waals surface area contributed by atoms with E-state index in [4.69, 9.17) is 10.6 Å². The van der Waals surface area contributed by atoms with Gasteiger partial charge in [-0.15, -0.1) is 34.8 Å². The number of nitrogens with one attached hydrogen (secondary N) is 1. The number of rotatable bonds is 11. The van der Waals surface area contributed by atoms with Crippen LogP contribution in [0.1, 0.15) is 5.69 Å². The monoisotopic (exact) mass is 597 g/mol. The fourth-order valence-corrected chi connectivity index (χ4v) is 7.70. The highest BCUT2D eigenvalue weighted by molar-refractivity contribution is 8.01. The zero-order valence-electron chi connectivity index (χ0n) is 19.8. The van der Waals surface area contributed by atoms with E-state index in [1.807, 2.05) is 0 Å². The highest BCUT2D eigenvalue weighted by Gasteiger charge is 2.57. The van der Waals surface area contributed by atoms with Gasteiger partial charge in [-0.2, -0.15) is 11.8 Å². The van der Waals surface area contributed by atoms with E-state index in [9.17, 15) is 19.5 Å². The highest BCUT2D eigenvalue weighted by atomic mass is 32.2. The predicted molar refractivity (Wildman–Crippen MR) is 144 cm³/mol. The van der Waals surface area contributed by atoms with Crippen molar-refractivity contribution < 1.29 is 24.3 Å². The summed E-state index contributed by atoms with van der Waals surface area (Å²) >= 11 is 5.40. The fourth-order valence-electron chi connectivity index (χ4n) is 3.86. The van der Waals surface area contributed by atoms with Gasteiger partial charge in [0.1, 0.15) is 28.6 Å². The Morgan fingerprint density at radius 2 is 2.26 bits per heavy atom. The second-order valence-corrected chi connectivity index (χ2v) is 12.7. The van der Waals surface area contributed by atoms with E-state index in [1.165, 1.54) is 33.1 Å². The molecule has 2 unspecified atom stereocenters. The third-order valence-electron chi connectivity index (χ3n) is 6.04. The van der Waals surface area contributed by atoms with Crippen LogP contribution in [0.25, 0.3) is 0 Å². The summed E-state index contributed by atoms with van der Waals surface area (Å²) in [7, 11) is 0. The van der Waals surface area contributed by atoms with Crippen molar-refractivity contribution in [2.24, 2.45) is 10.6 Å². The summed E-state index contributed by atoms with van der Waals surface area (Å²) in [5.74, 6) is -0.0273. The van der Waals surface area contributed by atoms with Gasteiger partial charge in [0.2, 0.25) is 11.1 Å². The summed E-state index contributed by atoms with van der Waals surface area (Å²) in [6, 6.07) is -0.827. The lowest BCUT2D eigenvalue weighted by atomic mass is 9.89. The van der Waals surface area contributed by atoms with E-state index in [0.717, 1.165) is 22.8 Å². The van der Waals surface area contributed by atoms with Crippen molar-refractivity contribution in [3.63, 3.8) is 0 Å². The number of nitrogens with zero attached hydrogens (tertiary/aromatic N) is 7. The molecule has 0 radical (unpaired) electrons. The normalized spacial score (nSPS) is 25.2. The van der Waals surface area contributed by atoms with Crippen molar-refractivity contribution in [1.29, 1.82) is 0 Å². The Bertz CT molecular complexity index is 1280. The fraction of sp³-hybridized carbons (Fsp3) is 0.500. The van der Waals surface area contributed by atoms with Gasteiger partial charge in [-0.25, -0.2) is 9.67 Å². The maximum Gasteiger partial charge on any atom is 0.313 e. The van der Waals surface area contributed by atoms with Crippen LogP contribution in [0.3, 0.4) is 0 Å². The molecule has 0 aliphatic carbocycles. The molecule has 3 fully saturated rings. The third kappa shape index (κ3) is 5.21. The number of thioether (sulfide) groups is 3. The average Bonchev–Trinajstić information content (AvgIpc) is 3.51. The first kappa shape index (κ1) is 26.8. The Morgan fingerprint density at radius 3 is 2.92 bits per heavy atom. The molecule has 5 heterocycles. The van der Waals surface area contributed by atoms with Crippen LogP contribution in [0.15, 0.2) is 28.3 Å². The van der Waals surface area contributed by atoms with E-state index < -0.39 is 28.7 Å². The number of hydrogen-bond donors (Lipinski definition) is 3. The van der Waals surface area contributed by atoms with Gasteiger partial charge in [-0.1, -0.05) is 23.0 Å². The van der Waals surface area contributed by atoms with E-state index in [0.29, 0.717) is 11.7 Å². The number of anilines is 1. The standard InChI is InChI=1S/C20H23N9O5S4/c1-2-3-29-19(24-26-27-29)38-9-20(17(32)33)7-28-15(31)13(16(28)37-8-20)23-14(30)12(11-6-36-18(21)22-11)25-34-10-4-35-5-10/h2,6,10,13,16H,1,3-5,7-9H2,(H2,21,22)(H,23,30)(H,32,33)/t13?,16-,20?/m1/s1. The second-order valence-electron chi connectivity index (χ2n) is 8.70. The van der Waals surface area contributed by atoms with Gasteiger partial charge in [-0.05, 0) is 10.4 Å². The number of aromatic nitrogens is 5. The van der Waals surface area contributed by atoms with Crippen LogP contribution in [0, 0.1) is 5.41 Å². The Kier molecular flexibility index (Phi) is 7.83. The Hall–Kier alpha value is -2.83. The topological polar surface area (TPSA) is 191 Å². The molecule has 0 aromatic carbocycles. The Morgan fingerprint density at radius 1 is 1.45 bits per heavy atom. The summed E-state index contributed by atoms with van der Waals surface area (Å²) < 4.78 is 1.52. The number of allylic oxidation sites excluding steroid dienone is 1. The van der Waals surface area contributed by atoms with E-state index in [-0.39, 0.29) is 46.6 Å². The van der Waals surface area contributed by atoms with Crippen molar-refractivity contribution in [1.82, 2.24) is 35.4 Å². The summed E-state index contributed by atoms with van der Waals surface area (Å²) in [6.07, 6.45) is 1.55. The largest absolute Gasteiger partial charge is 0.481 e. The van der Waals surface area contributed by atoms with Gasteiger partial charge in [-0.3, -0.25) is 14.4 Å². The molecule has 202 valence electrons. The Labute approximate surface area is 233 Å². The van der Waals surface area contributed by atoms with Gasteiger partial charge in [0, 0.05) is 34.9 Å². The van der Waals surface area contributed by atoms with Gasteiger partial charge in [0.25, 0.3) is 5.91 Å². The molecule has 18 heteroatoms. The summed E-state index contributed by atoms with van der Waals surface area (Å²) in [5.41, 5.74) is 4.73. The van der Waals surface area contributed by atoms with Crippen molar-refractivity contribution in [3.8, 4) is 0 Å². The lowest BCUT2D eigenvalue weighted by Crippen LogP contribution is -2.74. The number of nitrogens with two attached hydrogens (primary N) is 1. The number of oxime groups is 1. The predicted octanol–water partition coefficient (Wildman–Crippen LogP) is -0.00290. The minimum absolute atomic E-state index is 0.00719. The number of amides is 2. The first-order valence-corrected chi connectivity index (χ1v) is 15.4. The molecule has 3 aliphatic heterocycles. The maximum absolute atomic E-state index is 13.1. The van der Waals surface area contributed by atoms with Gasteiger partial charge in [0.05, 0.1) is 6.54 Å². The van der Waals surface area contributed by atoms with E-state index >= 15 is 0 Å². The Balaban J connectivity index is 1.24. The van der Waals surface area contributed by atoms with Crippen molar-refractivity contribution in [2.75, 3.05) is 35.3 Å². The smallest absolute Gasteiger partial charge is 0.313 e. The van der Waals surface area contributed by atoms with Crippen LogP contribution in [0.5, 0.6) is 0 Å². The van der Waals surface area contributed by atoms with Crippen molar-refractivity contribution in [3.05, 3.63) is 23.7 Å². The lowest BCUT2D eigenvalue weighted by molar-refractivity contribution is -0.157. The molecule has 38 heavy (non-hydrogen) atoms. The molecule has 0 saturated carbocycles. The minimum Gasteiger partial charge on any atom is -0.481 e. The highest BCUT2D eigenvalue weighted by Crippen LogP contribution is 2.44. The molecule has 2 aromatic rings. The number of β-lactam (4-membered cyclic amide) rings is 1. The number of tetrazole rings is 1. The summed E-state index contributed by atoms with van der Waals surface area (Å²) in [5, 5.41) is 30.2. The molecule has 3 atom stereocenters. The quantitative estimate of drug-likeness (QED) is 0.103. The minimum atomic E-state index is -1.21. The molecular formula is C20H23N9O5S4. The number of thiazole rings is 1. The number of carboxylic acids is 1. The zero-order valence-corrected chi connectivity index (χ0v) is 23.0. The molecule has 0 bridgehead atoms. The first-order chi connectivity index (χ1) is 18.3. The number of fused-ring (bicyclic) bond motifs is 1. The maximum atomic E-state index is 13.1. The summed E-state index contributed by atoms with van der Waals surface area (Å²) in [6.45, 7) is 4.06. The SMILES string of the molecule is C=CCn1nnnc1SCC1(C(=O)O)CS[C@@H]2C(NC(=O)C(=NOC3CSC3)c3csc(N)n3)C(=O)N2C1. The van der Waals surface area contributed by atoms with Gasteiger partial charge >= 0.3 is 5.97 Å². The number of carboxylic acid groups (broad SMARTS) is 1. The van der Waals surface area contributed by atoms with Crippen LogP contribution >= 0.6 is 46.6 Å². The molecule has 3 saturated heterocycles. The molecule has 4 N–H and O–H groups in total. The van der Waals surface area contributed by atoms with Gasteiger partial charge < -0.3 is 25.9 Å². The second kappa shape index (κ2) is 11.1. The molecule has 14 nitrogen and oxygen atoms in total. The van der Waals surface area contributed by atoms with Crippen molar-refractivity contribution in [2.45, 2.75) is 29.2 Å². The zero-order chi connectivity index (χ0) is 26.9. The van der Waals surface area contributed by atoms with Crippen LogP contribution in [-0.4, -0.2) is 106 Å². The number of hydrogen-bond acceptors (Lipinski definition) is 14. The molecule has 3 aliphatic rings. The van der Waals surface area contributed by atoms with Gasteiger partial charge in [0.15, 0.2) is 10.8 Å². The van der Waals surface area contributed by atoms with E-state index in [1.54, 1.807) is 23.2 Å². The number of carbonyl (C=O) groups is 3. The van der Waals surface area contributed by atoms with E-state index in [2.05, 4.69) is 37.6 Å². The molecule has 5 rings (SSSR count). The third-order valence-corrected chi connectivity index (χ3v) is 10.8. The number of aliphatic carboxylic acids is 1. The van der Waals surface area contributed by atoms with Crippen molar-refractivity contribution >= 4 is 75.2 Å². The summed E-state index contributed by atoms with van der Waals surface area (Å²) in [4.78, 5) is 49.6.